The standard InChI is InChI=1S/C30H44FN/c1-2-3-4-5-7-12-26-17-21-28(22-18-26)14-10-11-15-29-23-19-27(20-24-29)13-8-6-9-16-30(31)25-32/h6,9,16-18,21-22,27,29H,2-5,7-8,10-15,19-20,23-24H2,1H3/t27-,29-. The van der Waals surface area contributed by atoms with E-state index in [0.29, 0.717) is 0 Å². The van der Waals surface area contributed by atoms with Gasteiger partial charge >= 0.3 is 0 Å². The molecule has 0 spiro atoms. The highest BCUT2D eigenvalue weighted by Crippen LogP contribution is 2.34. The van der Waals surface area contributed by atoms with Crippen molar-refractivity contribution in [2.75, 3.05) is 0 Å². The first-order valence-corrected chi connectivity index (χ1v) is 13.2. The van der Waals surface area contributed by atoms with Crippen molar-refractivity contribution in [3.05, 3.63) is 59.4 Å². The smallest absolute Gasteiger partial charge is 0.195 e. The largest absolute Gasteiger partial charge is 0.199 e. The molecule has 0 saturated heterocycles. The maximum atomic E-state index is 12.7. The molecule has 1 aliphatic rings. The van der Waals surface area contributed by atoms with Crippen molar-refractivity contribution in [2.24, 2.45) is 11.8 Å². The number of hydrogen-bond acceptors (Lipinski definition) is 1. The van der Waals surface area contributed by atoms with Crippen LogP contribution in [0.15, 0.2) is 48.3 Å². The Hall–Kier alpha value is -1.88. The average Bonchev–Trinajstić information content (AvgIpc) is 2.83. The van der Waals surface area contributed by atoms with Gasteiger partial charge in [0.05, 0.1) is 0 Å². The minimum absolute atomic E-state index is 0.716. The SMILES string of the molecule is CCCCCCCc1ccc(CCCC[C@H]2CC[C@H](CCC=CC=C(F)C#N)CC2)cc1. The third kappa shape index (κ3) is 11.7. The Balaban J connectivity index is 1.51. The van der Waals surface area contributed by atoms with Gasteiger partial charge < -0.3 is 0 Å². The predicted molar refractivity (Wildman–Crippen MR) is 135 cm³/mol. The zero-order valence-corrected chi connectivity index (χ0v) is 20.3. The van der Waals surface area contributed by atoms with Crippen LogP contribution in [0.4, 0.5) is 4.39 Å². The summed E-state index contributed by atoms with van der Waals surface area (Å²) >= 11 is 0. The number of rotatable bonds is 15. The molecular formula is C30H44FN. The quantitative estimate of drug-likeness (QED) is 0.152. The molecule has 1 aromatic rings. The second kappa shape index (κ2) is 16.7. The highest BCUT2D eigenvalue weighted by atomic mass is 19.1. The van der Waals surface area contributed by atoms with Crippen LogP contribution in [0.1, 0.15) is 108 Å². The van der Waals surface area contributed by atoms with Crippen LogP contribution < -0.4 is 0 Å². The number of hydrogen-bond donors (Lipinski definition) is 0. The van der Waals surface area contributed by atoms with Gasteiger partial charge in [-0.05, 0) is 67.6 Å². The van der Waals surface area contributed by atoms with Crippen LogP contribution >= 0.6 is 0 Å². The monoisotopic (exact) mass is 437 g/mol. The van der Waals surface area contributed by atoms with Crippen LogP contribution in [-0.4, -0.2) is 0 Å². The Morgan fingerprint density at radius 3 is 2.03 bits per heavy atom. The van der Waals surface area contributed by atoms with Crippen LogP contribution in [-0.2, 0) is 12.8 Å². The second-order valence-electron chi connectivity index (χ2n) is 9.75. The van der Waals surface area contributed by atoms with E-state index in [1.54, 1.807) is 6.08 Å². The van der Waals surface area contributed by atoms with E-state index >= 15 is 0 Å². The summed E-state index contributed by atoms with van der Waals surface area (Å²) < 4.78 is 12.7. The number of halogens is 1. The topological polar surface area (TPSA) is 23.8 Å². The fraction of sp³-hybridized carbons (Fsp3) is 0.633. The van der Waals surface area contributed by atoms with E-state index in [2.05, 4.69) is 31.2 Å². The van der Waals surface area contributed by atoms with Crippen LogP contribution in [0, 0.1) is 23.2 Å². The molecule has 1 nitrogen and oxygen atoms in total. The number of allylic oxidation sites excluding steroid dienone is 4. The van der Waals surface area contributed by atoms with E-state index < -0.39 is 5.83 Å². The van der Waals surface area contributed by atoms with Crippen molar-refractivity contribution < 1.29 is 4.39 Å². The van der Waals surface area contributed by atoms with Gasteiger partial charge in [0.1, 0.15) is 6.07 Å². The lowest BCUT2D eigenvalue weighted by molar-refractivity contribution is 0.250. The second-order valence-corrected chi connectivity index (χ2v) is 9.75. The molecule has 0 aromatic heterocycles. The van der Waals surface area contributed by atoms with Crippen molar-refractivity contribution in [3.63, 3.8) is 0 Å². The summed E-state index contributed by atoms with van der Waals surface area (Å²) in [6.45, 7) is 2.27. The summed E-state index contributed by atoms with van der Waals surface area (Å²) in [5.74, 6) is 1.03. The molecule has 1 aromatic carbocycles. The summed E-state index contributed by atoms with van der Waals surface area (Å²) in [5.41, 5.74) is 3.00. The van der Waals surface area contributed by atoms with Crippen LogP contribution in [0.5, 0.6) is 0 Å². The molecule has 32 heavy (non-hydrogen) atoms. The van der Waals surface area contributed by atoms with Gasteiger partial charge in [0.25, 0.3) is 0 Å². The normalized spacial score (nSPS) is 19.3. The molecule has 2 rings (SSSR count). The molecule has 0 amide bonds. The van der Waals surface area contributed by atoms with E-state index in [1.165, 1.54) is 120 Å². The van der Waals surface area contributed by atoms with E-state index in [-0.39, 0.29) is 0 Å². The minimum Gasteiger partial charge on any atom is -0.195 e. The van der Waals surface area contributed by atoms with Gasteiger partial charge in [-0.15, -0.1) is 0 Å². The summed E-state index contributed by atoms with van der Waals surface area (Å²) in [5, 5.41) is 8.38. The first-order chi connectivity index (χ1) is 15.7. The third-order valence-corrected chi connectivity index (χ3v) is 7.11. The van der Waals surface area contributed by atoms with Crippen molar-refractivity contribution in [1.82, 2.24) is 0 Å². The van der Waals surface area contributed by atoms with E-state index in [9.17, 15) is 4.39 Å². The number of unbranched alkanes of at least 4 members (excludes halogenated alkanes) is 5. The lowest BCUT2D eigenvalue weighted by Gasteiger charge is -2.28. The number of benzene rings is 1. The Morgan fingerprint density at radius 2 is 1.44 bits per heavy atom. The molecule has 1 saturated carbocycles. The van der Waals surface area contributed by atoms with Gasteiger partial charge in [0.15, 0.2) is 5.83 Å². The first kappa shape index (κ1) is 26.4. The maximum Gasteiger partial charge on any atom is 0.199 e. The molecule has 176 valence electrons. The summed E-state index contributed by atoms with van der Waals surface area (Å²) in [6, 6.07) is 10.9. The molecule has 0 radical (unpaired) electrons. The van der Waals surface area contributed by atoms with Crippen molar-refractivity contribution in [3.8, 4) is 6.07 Å². The van der Waals surface area contributed by atoms with Gasteiger partial charge in [-0.25, -0.2) is 0 Å². The van der Waals surface area contributed by atoms with E-state index in [0.717, 1.165) is 18.3 Å². The lowest BCUT2D eigenvalue weighted by atomic mass is 9.78. The fourth-order valence-corrected chi connectivity index (χ4v) is 4.99. The highest BCUT2D eigenvalue weighted by molar-refractivity contribution is 5.22. The summed E-state index contributed by atoms with van der Waals surface area (Å²) in [7, 11) is 0. The molecule has 0 unspecified atom stereocenters. The molecule has 0 heterocycles. The average molecular weight is 438 g/mol. The molecule has 0 aliphatic heterocycles. The summed E-state index contributed by atoms with van der Waals surface area (Å²) in [4.78, 5) is 0. The number of nitriles is 1. The van der Waals surface area contributed by atoms with Crippen LogP contribution in [0.3, 0.4) is 0 Å². The van der Waals surface area contributed by atoms with Gasteiger partial charge in [0, 0.05) is 0 Å². The number of nitrogens with zero attached hydrogens (tertiary/aromatic N) is 1. The molecule has 1 aliphatic carbocycles. The minimum atomic E-state index is -0.716. The molecule has 2 heteroatoms. The van der Waals surface area contributed by atoms with E-state index in [1.807, 2.05) is 6.08 Å². The molecular weight excluding hydrogens is 393 g/mol. The Morgan fingerprint density at radius 1 is 0.875 bits per heavy atom. The maximum absolute atomic E-state index is 12.7. The zero-order chi connectivity index (χ0) is 22.9. The number of aryl methyl sites for hydroxylation is 2. The van der Waals surface area contributed by atoms with Gasteiger partial charge in [0.2, 0.25) is 0 Å². The first-order valence-electron chi connectivity index (χ1n) is 13.2. The van der Waals surface area contributed by atoms with Crippen molar-refractivity contribution in [2.45, 2.75) is 110 Å². The van der Waals surface area contributed by atoms with Gasteiger partial charge in [-0.2, -0.15) is 9.65 Å². The lowest BCUT2D eigenvalue weighted by Crippen LogP contribution is -2.14. The van der Waals surface area contributed by atoms with Gasteiger partial charge in [-0.1, -0.05) is 108 Å². The Bertz CT molecular complexity index is 701. The van der Waals surface area contributed by atoms with Gasteiger partial charge in [-0.3, -0.25) is 0 Å². The van der Waals surface area contributed by atoms with E-state index in [4.69, 9.17) is 5.26 Å². The van der Waals surface area contributed by atoms with Crippen LogP contribution in [0.25, 0.3) is 0 Å². The Kier molecular flexibility index (Phi) is 13.8. The molecule has 0 bridgehead atoms. The van der Waals surface area contributed by atoms with Crippen LogP contribution in [0.2, 0.25) is 0 Å². The predicted octanol–water partition coefficient (Wildman–Crippen LogP) is 9.43. The Labute approximate surface area is 196 Å². The summed E-state index contributed by atoms with van der Waals surface area (Å²) in [6.07, 6.45) is 25.9. The van der Waals surface area contributed by atoms with Crippen molar-refractivity contribution in [1.29, 1.82) is 5.26 Å². The molecule has 1 fully saturated rings. The molecule has 0 atom stereocenters. The third-order valence-electron chi connectivity index (χ3n) is 7.11. The van der Waals surface area contributed by atoms with Crippen molar-refractivity contribution >= 4 is 0 Å². The fourth-order valence-electron chi connectivity index (χ4n) is 4.99. The zero-order valence-electron chi connectivity index (χ0n) is 20.3. The highest BCUT2D eigenvalue weighted by Gasteiger charge is 2.20. The molecule has 0 N–H and O–H groups in total.